The fourth-order valence-electron chi connectivity index (χ4n) is 3.18. The predicted molar refractivity (Wildman–Crippen MR) is 124 cm³/mol. The average Bonchev–Trinajstić information content (AvgIpc) is 3.13. The van der Waals surface area contributed by atoms with Crippen LogP contribution in [0.25, 0.3) is 0 Å². The third-order valence-corrected chi connectivity index (χ3v) is 10.7. The van der Waals surface area contributed by atoms with Gasteiger partial charge in [0.2, 0.25) is 0 Å². The highest BCUT2D eigenvalue weighted by Gasteiger charge is 2.43. The Bertz CT molecular complexity index is 1060. The summed E-state index contributed by atoms with van der Waals surface area (Å²) < 4.78 is 24.5. The molecule has 180 valence electrons. The largest absolute Gasteiger partial charge is 0.508 e. The summed E-state index contributed by atoms with van der Waals surface area (Å²) in [6.07, 6.45) is -1.21. The van der Waals surface area contributed by atoms with Gasteiger partial charge in [0, 0.05) is 18.7 Å². The monoisotopic (exact) mass is 476 g/mol. The Kier molecular flexibility index (Phi) is 7.61. The number of aromatic nitrogens is 2. The molecule has 0 radical (unpaired) electrons. The number of aromatic amines is 1. The zero-order chi connectivity index (χ0) is 24.2. The number of carbonyl (C=O) groups is 1. The minimum absolute atomic E-state index is 0.00811. The fraction of sp³-hybridized carbons (Fsp3) is 0.522. The van der Waals surface area contributed by atoms with Gasteiger partial charge in [0.15, 0.2) is 8.32 Å². The molecule has 3 rings (SSSR count). The highest BCUT2D eigenvalue weighted by atomic mass is 28.4. The van der Waals surface area contributed by atoms with Gasteiger partial charge in [-0.3, -0.25) is 14.3 Å². The molecule has 3 atom stereocenters. The van der Waals surface area contributed by atoms with E-state index in [1.807, 2.05) is 30.3 Å². The van der Waals surface area contributed by atoms with Crippen LogP contribution in [-0.4, -0.2) is 42.8 Å². The molecule has 33 heavy (non-hydrogen) atoms. The second kappa shape index (κ2) is 10.1. The molecule has 10 heteroatoms. The molecule has 1 aliphatic rings. The van der Waals surface area contributed by atoms with Crippen molar-refractivity contribution >= 4 is 14.5 Å². The number of hydrogen-bond donors (Lipinski definition) is 1. The molecule has 0 aliphatic carbocycles. The molecular weight excluding hydrogens is 444 g/mol. The molecule has 1 aromatic heterocycles. The summed E-state index contributed by atoms with van der Waals surface area (Å²) in [6, 6.07) is 10.5. The highest BCUT2D eigenvalue weighted by Crippen LogP contribution is 2.38. The maximum atomic E-state index is 12.4. The van der Waals surface area contributed by atoms with Crippen LogP contribution in [0.1, 0.15) is 39.0 Å². The van der Waals surface area contributed by atoms with Crippen LogP contribution >= 0.6 is 0 Å². The lowest BCUT2D eigenvalue weighted by Gasteiger charge is -2.37. The van der Waals surface area contributed by atoms with Crippen molar-refractivity contribution in [2.24, 2.45) is 0 Å². The van der Waals surface area contributed by atoms with Crippen molar-refractivity contribution in [2.75, 3.05) is 6.61 Å². The van der Waals surface area contributed by atoms with Crippen LogP contribution in [0.5, 0.6) is 0 Å². The van der Waals surface area contributed by atoms with Crippen molar-refractivity contribution in [3.63, 3.8) is 0 Å². The number of benzene rings is 1. The highest BCUT2D eigenvalue weighted by molar-refractivity contribution is 6.74. The molecule has 0 amide bonds. The summed E-state index contributed by atoms with van der Waals surface area (Å²) in [6.45, 7) is 10.9. The maximum Gasteiger partial charge on any atom is 0.508 e. The molecule has 2 heterocycles. The first-order valence-corrected chi connectivity index (χ1v) is 13.9. The van der Waals surface area contributed by atoms with E-state index >= 15 is 0 Å². The molecule has 1 saturated heterocycles. The Morgan fingerprint density at radius 2 is 1.88 bits per heavy atom. The minimum atomic E-state index is -2.09. The van der Waals surface area contributed by atoms with E-state index in [0.29, 0.717) is 0 Å². The Balaban J connectivity index is 1.71. The van der Waals surface area contributed by atoms with Crippen LogP contribution in [0.2, 0.25) is 18.1 Å². The number of H-pyrrole nitrogens is 1. The van der Waals surface area contributed by atoms with Crippen molar-refractivity contribution < 1.29 is 23.4 Å². The predicted octanol–water partition coefficient (Wildman–Crippen LogP) is 3.57. The number of carbonyl (C=O) groups excluding carboxylic acids is 1. The first-order valence-electron chi connectivity index (χ1n) is 10.9. The van der Waals surface area contributed by atoms with Gasteiger partial charge in [0.1, 0.15) is 25.0 Å². The molecule has 1 aliphatic heterocycles. The van der Waals surface area contributed by atoms with Gasteiger partial charge in [0.05, 0.1) is 6.61 Å². The van der Waals surface area contributed by atoms with Crippen molar-refractivity contribution in [2.45, 2.75) is 70.4 Å². The topological polar surface area (TPSA) is 109 Å². The van der Waals surface area contributed by atoms with E-state index in [2.05, 4.69) is 38.8 Å². The van der Waals surface area contributed by atoms with Crippen LogP contribution in [0.3, 0.4) is 0 Å². The van der Waals surface area contributed by atoms with E-state index in [9.17, 15) is 14.4 Å². The van der Waals surface area contributed by atoms with E-state index < -0.39 is 44.2 Å². The smallest absolute Gasteiger partial charge is 0.429 e. The molecular formula is C23H32N2O7Si. The van der Waals surface area contributed by atoms with Crippen LogP contribution in [0, 0.1) is 0 Å². The third-order valence-electron chi connectivity index (χ3n) is 6.20. The van der Waals surface area contributed by atoms with E-state index in [0.717, 1.165) is 5.56 Å². The molecule has 0 saturated carbocycles. The Morgan fingerprint density at radius 3 is 2.52 bits per heavy atom. The van der Waals surface area contributed by atoms with Crippen LogP contribution < -0.4 is 11.2 Å². The van der Waals surface area contributed by atoms with Gasteiger partial charge in [-0.15, -0.1) is 0 Å². The number of hydrogen-bond acceptors (Lipinski definition) is 7. The van der Waals surface area contributed by atoms with E-state index in [-0.39, 0.29) is 24.7 Å². The summed E-state index contributed by atoms with van der Waals surface area (Å²) in [4.78, 5) is 38.3. The van der Waals surface area contributed by atoms with Crippen LogP contribution in [0.15, 0.2) is 52.2 Å². The summed E-state index contributed by atoms with van der Waals surface area (Å²) in [5.74, 6) is 0. The lowest BCUT2D eigenvalue weighted by atomic mass is 10.2. The van der Waals surface area contributed by atoms with Crippen LogP contribution in [0.4, 0.5) is 4.79 Å². The fourth-order valence-corrected chi connectivity index (χ4v) is 4.19. The Labute approximate surface area is 193 Å². The molecule has 9 nitrogen and oxygen atoms in total. The average molecular weight is 477 g/mol. The molecule has 1 fully saturated rings. The molecule has 0 unspecified atom stereocenters. The second-order valence-electron chi connectivity index (χ2n) is 9.63. The molecule has 1 aromatic carbocycles. The van der Waals surface area contributed by atoms with Crippen LogP contribution in [-0.2, 0) is 25.2 Å². The van der Waals surface area contributed by atoms with Gasteiger partial charge in [-0.1, -0.05) is 51.1 Å². The summed E-state index contributed by atoms with van der Waals surface area (Å²) >= 11 is 0. The number of rotatable bonds is 7. The minimum Gasteiger partial charge on any atom is -0.429 e. The Hall–Kier alpha value is -2.69. The second-order valence-corrected chi connectivity index (χ2v) is 14.4. The normalized spacial score (nSPS) is 21.1. The molecule has 2 aromatic rings. The van der Waals surface area contributed by atoms with Gasteiger partial charge in [0.25, 0.3) is 5.56 Å². The SMILES string of the molecule is CC(C)(C)[Si](C)(C)OC[C@H]1O[C@@H](n2ccc(=O)[nH]c2=O)C[C@@H]1OC(=O)OCc1ccccc1. The summed E-state index contributed by atoms with van der Waals surface area (Å²) in [7, 11) is -2.09. The summed E-state index contributed by atoms with van der Waals surface area (Å²) in [5, 5.41) is -0.00811. The van der Waals surface area contributed by atoms with Crippen molar-refractivity contribution in [3.05, 3.63) is 69.0 Å². The number of ether oxygens (including phenoxy) is 3. The lowest BCUT2D eigenvalue weighted by Crippen LogP contribution is -2.44. The molecule has 1 N–H and O–H groups in total. The first-order chi connectivity index (χ1) is 15.5. The van der Waals surface area contributed by atoms with Crippen molar-refractivity contribution in [1.29, 1.82) is 0 Å². The van der Waals surface area contributed by atoms with Crippen molar-refractivity contribution in [3.8, 4) is 0 Å². The summed E-state index contributed by atoms with van der Waals surface area (Å²) in [5.41, 5.74) is -0.249. The van der Waals surface area contributed by atoms with Gasteiger partial charge in [-0.25, -0.2) is 9.59 Å². The van der Waals surface area contributed by atoms with Crippen molar-refractivity contribution in [1.82, 2.24) is 9.55 Å². The Morgan fingerprint density at radius 1 is 1.18 bits per heavy atom. The lowest BCUT2D eigenvalue weighted by molar-refractivity contribution is -0.0560. The van der Waals surface area contributed by atoms with E-state index in [1.165, 1.54) is 16.8 Å². The van der Waals surface area contributed by atoms with E-state index in [1.54, 1.807) is 0 Å². The molecule has 0 spiro atoms. The first kappa shape index (κ1) is 24.9. The number of nitrogens with one attached hydrogen (secondary N) is 1. The van der Waals surface area contributed by atoms with Gasteiger partial charge >= 0.3 is 11.8 Å². The zero-order valence-corrected chi connectivity index (χ0v) is 20.7. The van der Waals surface area contributed by atoms with Gasteiger partial charge in [-0.05, 0) is 23.7 Å². The standard InChI is InChI=1S/C23H32N2O7Si/c1-23(2,3)33(4,5)30-15-18-17(32-22(28)29-14-16-9-7-6-8-10-16)13-20(31-18)25-12-11-19(26)24-21(25)27/h6-12,17-18,20H,13-15H2,1-5H3,(H,24,26,27)/t17-,18+,20+/m0/s1. The van der Waals surface area contributed by atoms with Gasteiger partial charge < -0.3 is 18.6 Å². The quantitative estimate of drug-likeness (QED) is 0.481. The zero-order valence-electron chi connectivity index (χ0n) is 19.7. The van der Waals surface area contributed by atoms with Gasteiger partial charge in [-0.2, -0.15) is 0 Å². The molecule has 0 bridgehead atoms. The maximum absolute atomic E-state index is 12.4. The van der Waals surface area contributed by atoms with E-state index in [4.69, 9.17) is 18.6 Å². The third kappa shape index (κ3) is 6.43. The number of nitrogens with zero attached hydrogens (tertiary/aromatic N) is 1.